The van der Waals surface area contributed by atoms with Crippen molar-refractivity contribution in [2.45, 2.75) is 18.6 Å². The molecule has 1 atom stereocenters. The maximum Gasteiger partial charge on any atom is 0.102 e. The molecule has 1 aromatic rings. The van der Waals surface area contributed by atoms with E-state index >= 15 is 0 Å². The molecular formula is C12H15BrClNO2. The van der Waals surface area contributed by atoms with E-state index in [1.807, 2.05) is 18.2 Å². The Morgan fingerprint density at radius 1 is 1.53 bits per heavy atom. The number of hydrogen-bond donors (Lipinski definition) is 2. The van der Waals surface area contributed by atoms with E-state index in [4.69, 9.17) is 16.3 Å². The van der Waals surface area contributed by atoms with Crippen LogP contribution in [-0.2, 0) is 11.3 Å². The Kier molecular flexibility index (Phi) is 4.44. The normalized spacial score (nSPS) is 24.2. The summed E-state index contributed by atoms with van der Waals surface area (Å²) < 4.78 is 6.15. The van der Waals surface area contributed by atoms with Crippen LogP contribution in [0.3, 0.4) is 0 Å². The predicted molar refractivity (Wildman–Crippen MR) is 71.2 cm³/mol. The van der Waals surface area contributed by atoms with Crippen LogP contribution in [-0.4, -0.2) is 30.5 Å². The molecule has 1 unspecified atom stereocenters. The van der Waals surface area contributed by atoms with E-state index < -0.39 is 5.60 Å². The van der Waals surface area contributed by atoms with Crippen molar-refractivity contribution in [1.82, 2.24) is 5.32 Å². The molecule has 94 valence electrons. The zero-order chi connectivity index (χ0) is 12.3. The van der Waals surface area contributed by atoms with Gasteiger partial charge < -0.3 is 15.2 Å². The van der Waals surface area contributed by atoms with E-state index in [1.165, 1.54) is 0 Å². The van der Waals surface area contributed by atoms with Gasteiger partial charge in [0.2, 0.25) is 0 Å². The second kappa shape index (κ2) is 5.67. The number of nitrogens with one attached hydrogen (secondary N) is 1. The summed E-state index contributed by atoms with van der Waals surface area (Å²) in [5.74, 6) is 0. The third-order valence-electron chi connectivity index (χ3n) is 2.87. The Bertz CT molecular complexity index is 394. The van der Waals surface area contributed by atoms with E-state index in [1.54, 1.807) is 0 Å². The quantitative estimate of drug-likeness (QED) is 0.895. The smallest absolute Gasteiger partial charge is 0.102 e. The molecule has 2 N–H and O–H groups in total. The van der Waals surface area contributed by atoms with Crippen LogP contribution in [0.25, 0.3) is 0 Å². The van der Waals surface area contributed by atoms with Gasteiger partial charge in [-0.1, -0.05) is 33.6 Å². The van der Waals surface area contributed by atoms with Crippen LogP contribution in [0.1, 0.15) is 12.0 Å². The van der Waals surface area contributed by atoms with Crippen molar-refractivity contribution >= 4 is 27.5 Å². The van der Waals surface area contributed by atoms with Crippen LogP contribution < -0.4 is 5.32 Å². The number of halogens is 2. The summed E-state index contributed by atoms with van der Waals surface area (Å²) in [5.41, 5.74) is 0.305. The van der Waals surface area contributed by atoms with Gasteiger partial charge >= 0.3 is 0 Å². The molecule has 1 aliphatic heterocycles. The topological polar surface area (TPSA) is 41.5 Å². The second-order valence-corrected chi connectivity index (χ2v) is 5.69. The minimum Gasteiger partial charge on any atom is -0.386 e. The Morgan fingerprint density at radius 2 is 2.35 bits per heavy atom. The number of ether oxygens (including phenoxy) is 1. The largest absolute Gasteiger partial charge is 0.386 e. The molecule has 2 rings (SSSR count). The van der Waals surface area contributed by atoms with Crippen LogP contribution in [0.4, 0.5) is 0 Å². The van der Waals surface area contributed by atoms with Gasteiger partial charge in [-0.2, -0.15) is 0 Å². The Morgan fingerprint density at radius 3 is 3.00 bits per heavy atom. The monoisotopic (exact) mass is 319 g/mol. The van der Waals surface area contributed by atoms with Crippen molar-refractivity contribution < 1.29 is 9.84 Å². The van der Waals surface area contributed by atoms with Crippen LogP contribution >= 0.6 is 27.5 Å². The highest BCUT2D eigenvalue weighted by atomic mass is 79.9. The van der Waals surface area contributed by atoms with Gasteiger partial charge in [0.05, 0.1) is 6.61 Å². The van der Waals surface area contributed by atoms with Crippen molar-refractivity contribution in [2.75, 3.05) is 19.8 Å². The number of rotatable bonds is 4. The van der Waals surface area contributed by atoms with E-state index in [0.29, 0.717) is 32.7 Å². The van der Waals surface area contributed by atoms with Crippen LogP contribution in [0.5, 0.6) is 0 Å². The molecule has 0 saturated carbocycles. The highest BCUT2D eigenvalue weighted by Crippen LogP contribution is 2.22. The molecule has 0 spiro atoms. The maximum absolute atomic E-state index is 10.1. The molecule has 1 fully saturated rings. The fraction of sp³-hybridized carbons (Fsp3) is 0.500. The lowest BCUT2D eigenvalue weighted by molar-refractivity contribution is 0.0268. The highest BCUT2D eigenvalue weighted by molar-refractivity contribution is 9.10. The fourth-order valence-electron chi connectivity index (χ4n) is 1.83. The van der Waals surface area contributed by atoms with Crippen molar-refractivity contribution in [2.24, 2.45) is 0 Å². The average molecular weight is 321 g/mol. The summed E-state index contributed by atoms with van der Waals surface area (Å²) in [4.78, 5) is 0. The summed E-state index contributed by atoms with van der Waals surface area (Å²) in [7, 11) is 0. The molecule has 17 heavy (non-hydrogen) atoms. The summed E-state index contributed by atoms with van der Waals surface area (Å²) in [5, 5.41) is 14.0. The molecule has 0 amide bonds. The van der Waals surface area contributed by atoms with Gasteiger partial charge in [-0.25, -0.2) is 0 Å². The zero-order valence-electron chi connectivity index (χ0n) is 9.38. The summed E-state index contributed by atoms with van der Waals surface area (Å²) in [6.45, 7) is 2.22. The van der Waals surface area contributed by atoms with E-state index in [2.05, 4.69) is 21.2 Å². The second-order valence-electron chi connectivity index (χ2n) is 4.37. The molecule has 0 aromatic heterocycles. The number of hydrogen-bond acceptors (Lipinski definition) is 3. The first-order chi connectivity index (χ1) is 8.09. The van der Waals surface area contributed by atoms with Crippen molar-refractivity contribution in [3.8, 4) is 0 Å². The van der Waals surface area contributed by atoms with E-state index in [9.17, 15) is 5.11 Å². The molecular weight excluding hydrogens is 305 g/mol. The number of aliphatic hydroxyl groups is 1. The highest BCUT2D eigenvalue weighted by Gasteiger charge is 2.31. The molecule has 1 heterocycles. The molecule has 3 nitrogen and oxygen atoms in total. The predicted octanol–water partition coefficient (Wildman–Crippen LogP) is 2.34. The molecule has 0 bridgehead atoms. The van der Waals surface area contributed by atoms with Gasteiger partial charge in [-0.3, -0.25) is 0 Å². The lowest BCUT2D eigenvalue weighted by atomic mass is 10.0. The van der Waals surface area contributed by atoms with Crippen LogP contribution in [0, 0.1) is 0 Å². The Balaban J connectivity index is 1.85. The number of benzene rings is 1. The SMILES string of the molecule is OC1(CNCc2ccc(Br)cc2Cl)CCOC1. The van der Waals surface area contributed by atoms with Crippen molar-refractivity contribution in [3.05, 3.63) is 33.3 Å². The van der Waals surface area contributed by atoms with Gasteiger partial charge in [0.15, 0.2) is 0 Å². The molecule has 1 saturated heterocycles. The van der Waals surface area contributed by atoms with Crippen LogP contribution in [0.2, 0.25) is 5.02 Å². The molecule has 1 aromatic carbocycles. The Hall–Kier alpha value is -0.130. The minimum atomic E-state index is -0.720. The van der Waals surface area contributed by atoms with Gasteiger partial charge in [0, 0.05) is 35.6 Å². The lowest BCUT2D eigenvalue weighted by Crippen LogP contribution is -2.40. The molecule has 0 aliphatic carbocycles. The summed E-state index contributed by atoms with van der Waals surface area (Å²) in [6.07, 6.45) is 0.689. The standard InChI is InChI=1S/C12H15BrClNO2/c13-10-2-1-9(11(14)5-10)6-15-7-12(16)3-4-17-8-12/h1-2,5,15-16H,3-4,6-8H2. The lowest BCUT2D eigenvalue weighted by Gasteiger charge is -2.20. The summed E-state index contributed by atoms with van der Waals surface area (Å²) >= 11 is 9.47. The fourth-order valence-corrected chi connectivity index (χ4v) is 2.57. The Labute approximate surface area is 114 Å². The average Bonchev–Trinajstić information content (AvgIpc) is 2.69. The maximum atomic E-state index is 10.1. The zero-order valence-corrected chi connectivity index (χ0v) is 11.7. The van der Waals surface area contributed by atoms with Gasteiger partial charge in [0.1, 0.15) is 5.60 Å². The van der Waals surface area contributed by atoms with Crippen molar-refractivity contribution in [1.29, 1.82) is 0 Å². The molecule has 1 aliphatic rings. The van der Waals surface area contributed by atoms with Gasteiger partial charge in [-0.15, -0.1) is 0 Å². The van der Waals surface area contributed by atoms with Gasteiger partial charge in [-0.05, 0) is 17.7 Å². The first-order valence-electron chi connectivity index (χ1n) is 5.54. The summed E-state index contributed by atoms with van der Waals surface area (Å²) in [6, 6.07) is 5.79. The third kappa shape index (κ3) is 3.66. The van der Waals surface area contributed by atoms with Crippen LogP contribution in [0.15, 0.2) is 22.7 Å². The first kappa shape index (κ1) is 13.3. The first-order valence-corrected chi connectivity index (χ1v) is 6.71. The minimum absolute atomic E-state index is 0.411. The van der Waals surface area contributed by atoms with Gasteiger partial charge in [0.25, 0.3) is 0 Å². The third-order valence-corrected chi connectivity index (χ3v) is 3.71. The van der Waals surface area contributed by atoms with E-state index in [0.717, 1.165) is 15.1 Å². The molecule has 0 radical (unpaired) electrons. The molecule has 5 heteroatoms. The van der Waals surface area contributed by atoms with Crippen molar-refractivity contribution in [3.63, 3.8) is 0 Å². The van der Waals surface area contributed by atoms with E-state index in [-0.39, 0.29) is 0 Å².